The van der Waals surface area contributed by atoms with Gasteiger partial charge in [-0.15, -0.1) is 0 Å². The molecule has 4 heteroatoms. The lowest BCUT2D eigenvalue weighted by Crippen LogP contribution is -2.05. The van der Waals surface area contributed by atoms with Crippen LogP contribution in [0.1, 0.15) is 10.4 Å². The molecule has 1 aromatic heterocycles. The number of para-hydroxylation sites is 3. The van der Waals surface area contributed by atoms with E-state index in [0.717, 1.165) is 22.3 Å². The summed E-state index contributed by atoms with van der Waals surface area (Å²) in [7, 11) is 1.61. The number of aromatic nitrogens is 2. The number of imidazole rings is 1. The number of benzene rings is 2. The second-order valence-corrected chi connectivity index (χ2v) is 4.52. The molecule has 0 saturated heterocycles. The number of nitrogens with zero attached hydrogens (tertiary/aromatic N) is 2. The summed E-state index contributed by atoms with van der Waals surface area (Å²) in [6, 6.07) is 15.1. The number of rotatable bonds is 3. The van der Waals surface area contributed by atoms with Gasteiger partial charge in [0.05, 0.1) is 18.1 Å². The van der Waals surface area contributed by atoms with Crippen LogP contribution in [0.4, 0.5) is 0 Å². The van der Waals surface area contributed by atoms with E-state index in [9.17, 15) is 4.79 Å². The van der Waals surface area contributed by atoms with Crippen LogP contribution in [0, 0.1) is 0 Å². The van der Waals surface area contributed by atoms with E-state index in [1.807, 2.05) is 48.5 Å². The largest absolute Gasteiger partial charge is 0.496 e. The van der Waals surface area contributed by atoms with E-state index in [4.69, 9.17) is 4.74 Å². The molecule has 4 nitrogen and oxygen atoms in total. The molecule has 0 unspecified atom stereocenters. The minimum absolute atomic E-state index is 0.144. The van der Waals surface area contributed by atoms with Gasteiger partial charge in [-0.25, -0.2) is 4.98 Å². The molecule has 3 rings (SSSR count). The topological polar surface area (TPSA) is 44.1 Å². The number of hydrogen-bond acceptors (Lipinski definition) is 3. The molecule has 0 aliphatic carbocycles. The molecule has 0 atom stereocenters. The Bertz CT molecular complexity index is 818. The van der Waals surface area contributed by atoms with Crippen molar-refractivity contribution in [3.8, 4) is 5.75 Å². The average molecular weight is 278 g/mol. The maximum absolute atomic E-state index is 12.3. The number of carbonyl (C=O) groups excluding carboxylic acids is 1. The van der Waals surface area contributed by atoms with Crippen molar-refractivity contribution in [2.24, 2.45) is 0 Å². The van der Waals surface area contributed by atoms with Crippen LogP contribution in [0.3, 0.4) is 0 Å². The summed E-state index contributed by atoms with van der Waals surface area (Å²) in [6.45, 7) is 0. The van der Waals surface area contributed by atoms with Crippen molar-refractivity contribution in [1.29, 1.82) is 0 Å². The van der Waals surface area contributed by atoms with Crippen molar-refractivity contribution in [2.75, 3.05) is 7.11 Å². The van der Waals surface area contributed by atoms with Gasteiger partial charge in [0.2, 0.25) is 0 Å². The molecular formula is C17H14N2O2. The molecule has 104 valence electrons. The maximum atomic E-state index is 12.3. The van der Waals surface area contributed by atoms with Crippen molar-refractivity contribution in [3.63, 3.8) is 0 Å². The van der Waals surface area contributed by atoms with E-state index in [2.05, 4.69) is 4.98 Å². The zero-order valence-electron chi connectivity index (χ0n) is 11.6. The van der Waals surface area contributed by atoms with Gasteiger partial charge in [-0.2, -0.15) is 0 Å². The Morgan fingerprint density at radius 2 is 1.90 bits per heavy atom. The molecule has 2 aromatic carbocycles. The van der Waals surface area contributed by atoms with Crippen LogP contribution in [0.25, 0.3) is 17.1 Å². The van der Waals surface area contributed by atoms with Gasteiger partial charge in [0, 0.05) is 11.6 Å². The highest BCUT2D eigenvalue weighted by Gasteiger charge is 2.06. The summed E-state index contributed by atoms with van der Waals surface area (Å²) < 4.78 is 6.79. The quantitative estimate of drug-likeness (QED) is 0.690. The first-order chi connectivity index (χ1) is 10.3. The molecule has 0 spiro atoms. The zero-order chi connectivity index (χ0) is 14.7. The lowest BCUT2D eigenvalue weighted by Gasteiger charge is -2.03. The minimum atomic E-state index is -0.144. The number of carbonyl (C=O) groups is 1. The molecule has 0 radical (unpaired) electrons. The van der Waals surface area contributed by atoms with Gasteiger partial charge in [0.1, 0.15) is 12.1 Å². The fourth-order valence-corrected chi connectivity index (χ4v) is 2.18. The lowest BCUT2D eigenvalue weighted by atomic mass is 10.2. The normalized spacial score (nSPS) is 11.1. The smallest absolute Gasteiger partial charge is 0.256 e. The first-order valence-electron chi connectivity index (χ1n) is 6.57. The first kappa shape index (κ1) is 13.1. The second kappa shape index (κ2) is 5.63. The molecule has 21 heavy (non-hydrogen) atoms. The number of hydrogen-bond donors (Lipinski definition) is 0. The van der Waals surface area contributed by atoms with Crippen LogP contribution in [0.2, 0.25) is 0 Å². The number of fused-ring (bicyclic) bond motifs is 1. The van der Waals surface area contributed by atoms with Gasteiger partial charge in [0.15, 0.2) is 0 Å². The summed E-state index contributed by atoms with van der Waals surface area (Å²) in [5.74, 6) is 0.589. The van der Waals surface area contributed by atoms with Crippen LogP contribution in [-0.2, 0) is 0 Å². The highest BCUT2D eigenvalue weighted by Crippen LogP contribution is 2.19. The SMILES string of the molecule is COc1ccccc1/C=C/C(=O)n1cnc2ccccc21. The molecule has 0 N–H and O–H groups in total. The minimum Gasteiger partial charge on any atom is -0.496 e. The summed E-state index contributed by atoms with van der Waals surface area (Å²) in [6.07, 6.45) is 4.81. The van der Waals surface area contributed by atoms with Gasteiger partial charge in [0.25, 0.3) is 5.91 Å². The number of ether oxygens (including phenoxy) is 1. The highest BCUT2D eigenvalue weighted by molar-refractivity contribution is 5.99. The Morgan fingerprint density at radius 3 is 2.76 bits per heavy atom. The summed E-state index contributed by atoms with van der Waals surface area (Å²) in [5.41, 5.74) is 2.46. The summed E-state index contributed by atoms with van der Waals surface area (Å²) in [4.78, 5) is 16.5. The molecule has 0 fully saturated rings. The van der Waals surface area contributed by atoms with E-state index in [1.54, 1.807) is 19.5 Å². The van der Waals surface area contributed by atoms with Crippen LogP contribution in [0.5, 0.6) is 5.75 Å². The van der Waals surface area contributed by atoms with Crippen LogP contribution >= 0.6 is 0 Å². The first-order valence-corrected chi connectivity index (χ1v) is 6.57. The third-order valence-electron chi connectivity index (χ3n) is 3.24. The van der Waals surface area contributed by atoms with E-state index >= 15 is 0 Å². The van der Waals surface area contributed by atoms with Crippen LogP contribution in [-0.4, -0.2) is 22.6 Å². The van der Waals surface area contributed by atoms with Crippen LogP contribution < -0.4 is 4.74 Å². The Kier molecular flexibility index (Phi) is 3.51. The fraction of sp³-hybridized carbons (Fsp3) is 0.0588. The molecule has 1 heterocycles. The van der Waals surface area contributed by atoms with Gasteiger partial charge in [-0.1, -0.05) is 30.3 Å². The standard InChI is InChI=1S/C17H14N2O2/c1-21-16-9-5-2-6-13(16)10-11-17(20)19-12-18-14-7-3-4-8-15(14)19/h2-12H,1H3/b11-10+. The van der Waals surface area contributed by atoms with Crippen molar-refractivity contribution < 1.29 is 9.53 Å². The van der Waals surface area contributed by atoms with Gasteiger partial charge < -0.3 is 4.74 Å². The van der Waals surface area contributed by atoms with Gasteiger partial charge in [-0.3, -0.25) is 9.36 Å². The van der Waals surface area contributed by atoms with Gasteiger partial charge in [-0.05, 0) is 24.3 Å². The molecule has 0 aliphatic rings. The molecule has 0 bridgehead atoms. The number of allylic oxidation sites excluding steroid dienone is 1. The highest BCUT2D eigenvalue weighted by atomic mass is 16.5. The third-order valence-corrected chi connectivity index (χ3v) is 3.24. The number of methoxy groups -OCH3 is 1. The fourth-order valence-electron chi connectivity index (χ4n) is 2.18. The second-order valence-electron chi connectivity index (χ2n) is 4.52. The lowest BCUT2D eigenvalue weighted by molar-refractivity contribution is 0.0974. The molecule has 3 aromatic rings. The Labute approximate surface area is 122 Å². The molecule has 0 saturated carbocycles. The predicted molar refractivity (Wildman–Crippen MR) is 82.4 cm³/mol. The Hall–Kier alpha value is -2.88. The zero-order valence-corrected chi connectivity index (χ0v) is 11.6. The monoisotopic (exact) mass is 278 g/mol. The van der Waals surface area contributed by atoms with E-state index in [1.165, 1.54) is 10.6 Å². The maximum Gasteiger partial charge on any atom is 0.256 e. The Morgan fingerprint density at radius 1 is 1.14 bits per heavy atom. The van der Waals surface area contributed by atoms with Crippen molar-refractivity contribution >= 4 is 23.0 Å². The third kappa shape index (κ3) is 2.56. The van der Waals surface area contributed by atoms with E-state index in [0.29, 0.717) is 0 Å². The van der Waals surface area contributed by atoms with Crippen molar-refractivity contribution in [1.82, 2.24) is 9.55 Å². The van der Waals surface area contributed by atoms with E-state index in [-0.39, 0.29) is 5.91 Å². The van der Waals surface area contributed by atoms with Crippen molar-refractivity contribution in [3.05, 3.63) is 66.5 Å². The van der Waals surface area contributed by atoms with E-state index < -0.39 is 0 Å². The average Bonchev–Trinajstić information content (AvgIpc) is 2.97. The molecule has 0 aliphatic heterocycles. The summed E-state index contributed by atoms with van der Waals surface area (Å²) >= 11 is 0. The Balaban J connectivity index is 1.91. The van der Waals surface area contributed by atoms with Crippen LogP contribution in [0.15, 0.2) is 60.9 Å². The molecular weight excluding hydrogens is 264 g/mol. The van der Waals surface area contributed by atoms with Crippen molar-refractivity contribution in [2.45, 2.75) is 0 Å². The predicted octanol–water partition coefficient (Wildman–Crippen LogP) is 3.40. The summed E-state index contributed by atoms with van der Waals surface area (Å²) in [5, 5.41) is 0. The molecule has 0 amide bonds. The van der Waals surface area contributed by atoms with Gasteiger partial charge >= 0.3 is 0 Å².